The zero-order chi connectivity index (χ0) is 44.5. The topological polar surface area (TPSA) is 95.9 Å². The van der Waals surface area contributed by atoms with Gasteiger partial charge in [-0.1, -0.05) is 250 Å². The Balaban J connectivity index is 4.64. The lowest BCUT2D eigenvalue weighted by molar-refractivity contribution is -0.151. The Hall–Kier alpha value is -1.92. The van der Waals surface area contributed by atoms with Crippen LogP contribution in [-0.2, 0) is 14.3 Å². The van der Waals surface area contributed by atoms with Crippen molar-refractivity contribution in [3.63, 3.8) is 0 Å². The molecule has 3 atom stereocenters. The first-order valence-corrected chi connectivity index (χ1v) is 26.7. The third-order valence-electron chi connectivity index (χ3n) is 12.3. The van der Waals surface area contributed by atoms with Crippen LogP contribution in [0.3, 0.4) is 0 Å². The Morgan fingerprint density at radius 3 is 1.26 bits per heavy atom. The molecule has 0 aliphatic carbocycles. The van der Waals surface area contributed by atoms with E-state index >= 15 is 0 Å². The van der Waals surface area contributed by atoms with E-state index in [1.165, 1.54) is 161 Å². The minimum atomic E-state index is -0.794. The fourth-order valence-corrected chi connectivity index (χ4v) is 8.20. The number of rotatable bonds is 48. The molecule has 0 radical (unpaired) electrons. The summed E-state index contributed by atoms with van der Waals surface area (Å²) in [5.41, 5.74) is 0. The number of aliphatic hydroxyl groups excluding tert-OH is 2. The van der Waals surface area contributed by atoms with Gasteiger partial charge in [-0.2, -0.15) is 0 Å². The summed E-state index contributed by atoms with van der Waals surface area (Å²) in [5.74, 6) is -0.495. The summed E-state index contributed by atoms with van der Waals surface area (Å²) in [5, 5.41) is 23.8. The van der Waals surface area contributed by atoms with E-state index in [4.69, 9.17) is 4.74 Å². The lowest BCUT2D eigenvalue weighted by atomic mass is 10.0. The maximum absolute atomic E-state index is 13.2. The van der Waals surface area contributed by atoms with Crippen LogP contribution in [0.1, 0.15) is 278 Å². The molecule has 6 heteroatoms. The zero-order valence-corrected chi connectivity index (χ0v) is 40.8. The molecule has 0 fully saturated rings. The lowest BCUT2D eigenvalue weighted by Gasteiger charge is -2.24. The molecule has 0 spiro atoms. The summed E-state index contributed by atoms with van der Waals surface area (Å²) >= 11 is 0. The molecular weight excluding hydrogens is 755 g/mol. The van der Waals surface area contributed by atoms with E-state index in [0.717, 1.165) is 70.6 Å². The number of carbonyl (C=O) groups is 2. The van der Waals surface area contributed by atoms with Crippen LogP contribution in [0.2, 0.25) is 0 Å². The Labute approximate surface area is 379 Å². The van der Waals surface area contributed by atoms with Gasteiger partial charge < -0.3 is 20.3 Å². The molecule has 3 N–H and O–H groups in total. The first-order chi connectivity index (χ1) is 30.0. The largest absolute Gasteiger partial charge is 0.462 e. The number of unbranched alkanes of at least 4 members (excludes halogenated alkanes) is 32. The summed E-state index contributed by atoms with van der Waals surface area (Å²) in [4.78, 5) is 26.2. The monoisotopic (exact) mass is 858 g/mol. The second kappa shape index (κ2) is 49.1. The van der Waals surface area contributed by atoms with Crippen molar-refractivity contribution in [1.29, 1.82) is 0 Å². The van der Waals surface area contributed by atoms with Crippen molar-refractivity contribution in [3.05, 3.63) is 36.5 Å². The van der Waals surface area contributed by atoms with Crippen LogP contribution in [0.4, 0.5) is 0 Å². The predicted octanol–water partition coefficient (Wildman–Crippen LogP) is 16.1. The number of nitrogens with one attached hydrogen (secondary N) is 1. The first-order valence-electron chi connectivity index (χ1n) is 26.7. The number of carbonyl (C=O) groups excluding carboxylic acids is 2. The molecule has 0 aromatic carbocycles. The Morgan fingerprint density at radius 2 is 0.836 bits per heavy atom. The molecule has 0 aliphatic rings. The van der Waals surface area contributed by atoms with Gasteiger partial charge in [-0.25, -0.2) is 0 Å². The summed E-state index contributed by atoms with van der Waals surface area (Å²) in [6.07, 6.45) is 57.7. The Bertz CT molecular complexity index is 1010. The van der Waals surface area contributed by atoms with Gasteiger partial charge in [0, 0.05) is 6.42 Å². The Kier molecular flexibility index (Phi) is 47.6. The van der Waals surface area contributed by atoms with Crippen LogP contribution in [0.15, 0.2) is 36.5 Å². The number of allylic oxidation sites excluding steroid dienone is 6. The number of ether oxygens (including phenoxy) is 1. The van der Waals surface area contributed by atoms with Gasteiger partial charge in [-0.15, -0.1) is 0 Å². The zero-order valence-electron chi connectivity index (χ0n) is 40.8. The van der Waals surface area contributed by atoms with Crippen LogP contribution in [0.5, 0.6) is 0 Å². The summed E-state index contributed by atoms with van der Waals surface area (Å²) < 4.78 is 5.93. The highest BCUT2D eigenvalue weighted by Crippen LogP contribution is 2.18. The van der Waals surface area contributed by atoms with Crippen LogP contribution >= 0.6 is 0 Å². The van der Waals surface area contributed by atoms with Crippen LogP contribution < -0.4 is 5.32 Å². The van der Waals surface area contributed by atoms with Gasteiger partial charge in [0.15, 0.2) is 0 Å². The maximum atomic E-state index is 13.2. The van der Waals surface area contributed by atoms with Crippen molar-refractivity contribution < 1.29 is 24.5 Å². The predicted molar refractivity (Wildman–Crippen MR) is 264 cm³/mol. The molecule has 0 saturated heterocycles. The van der Waals surface area contributed by atoms with Crippen molar-refractivity contribution in [3.8, 4) is 0 Å². The molecule has 0 aromatic heterocycles. The van der Waals surface area contributed by atoms with Crippen molar-refractivity contribution in [1.82, 2.24) is 5.32 Å². The number of esters is 1. The normalized spacial score (nSPS) is 13.5. The highest BCUT2D eigenvalue weighted by atomic mass is 16.5. The van der Waals surface area contributed by atoms with Crippen molar-refractivity contribution in [2.24, 2.45) is 0 Å². The Morgan fingerprint density at radius 1 is 0.475 bits per heavy atom. The SMILES string of the molecule is CCCCCCC/C=C/C=C/C=C/CCCCCC(CC(=O)NC(CO)C(O)CCCCCCCCCCCCCC)OC(=O)CCCCCCCCCCCCCCCC. The van der Waals surface area contributed by atoms with Gasteiger partial charge in [-0.05, 0) is 51.4 Å². The van der Waals surface area contributed by atoms with Gasteiger partial charge in [0.1, 0.15) is 6.10 Å². The summed E-state index contributed by atoms with van der Waals surface area (Å²) in [6.45, 7) is 6.47. The second-order valence-corrected chi connectivity index (χ2v) is 18.3. The number of hydrogen-bond acceptors (Lipinski definition) is 5. The molecule has 0 aromatic rings. The molecule has 3 unspecified atom stereocenters. The van der Waals surface area contributed by atoms with Crippen LogP contribution in [0.25, 0.3) is 0 Å². The summed E-state index contributed by atoms with van der Waals surface area (Å²) in [6, 6.07) is -0.709. The van der Waals surface area contributed by atoms with Crippen molar-refractivity contribution in [2.45, 2.75) is 296 Å². The molecule has 0 aliphatic heterocycles. The number of hydrogen-bond donors (Lipinski definition) is 3. The second-order valence-electron chi connectivity index (χ2n) is 18.3. The van der Waals surface area contributed by atoms with Crippen molar-refractivity contribution in [2.75, 3.05) is 6.61 Å². The molecule has 0 rings (SSSR count). The van der Waals surface area contributed by atoms with E-state index in [9.17, 15) is 19.8 Å². The van der Waals surface area contributed by atoms with E-state index in [1.54, 1.807) is 0 Å². The average molecular weight is 858 g/mol. The van der Waals surface area contributed by atoms with E-state index in [-0.39, 0.29) is 24.9 Å². The van der Waals surface area contributed by atoms with E-state index in [0.29, 0.717) is 19.3 Å². The summed E-state index contributed by atoms with van der Waals surface area (Å²) in [7, 11) is 0. The van der Waals surface area contributed by atoms with E-state index in [2.05, 4.69) is 62.5 Å². The van der Waals surface area contributed by atoms with Gasteiger partial charge in [-0.3, -0.25) is 9.59 Å². The fraction of sp³-hybridized carbons (Fsp3) is 0.855. The molecule has 358 valence electrons. The van der Waals surface area contributed by atoms with E-state index in [1.807, 2.05) is 0 Å². The fourth-order valence-electron chi connectivity index (χ4n) is 8.20. The molecular formula is C55H103NO5. The third kappa shape index (κ3) is 44.5. The highest BCUT2D eigenvalue weighted by Gasteiger charge is 2.24. The van der Waals surface area contributed by atoms with Crippen LogP contribution in [0, 0.1) is 0 Å². The average Bonchev–Trinajstić information content (AvgIpc) is 3.25. The minimum absolute atomic E-state index is 0.0588. The van der Waals surface area contributed by atoms with Crippen molar-refractivity contribution >= 4 is 11.9 Å². The van der Waals surface area contributed by atoms with E-state index < -0.39 is 18.2 Å². The minimum Gasteiger partial charge on any atom is -0.462 e. The molecule has 1 amide bonds. The van der Waals surface area contributed by atoms with Gasteiger partial charge in [0.05, 0.1) is 25.2 Å². The van der Waals surface area contributed by atoms with Crippen LogP contribution in [-0.4, -0.2) is 46.9 Å². The molecule has 6 nitrogen and oxygen atoms in total. The molecule has 0 saturated carbocycles. The molecule has 61 heavy (non-hydrogen) atoms. The highest BCUT2D eigenvalue weighted by molar-refractivity contribution is 5.77. The molecule has 0 bridgehead atoms. The molecule has 0 heterocycles. The van der Waals surface area contributed by atoms with Gasteiger partial charge >= 0.3 is 5.97 Å². The van der Waals surface area contributed by atoms with Gasteiger partial charge in [0.25, 0.3) is 0 Å². The number of amides is 1. The first kappa shape index (κ1) is 59.1. The lowest BCUT2D eigenvalue weighted by Crippen LogP contribution is -2.46. The smallest absolute Gasteiger partial charge is 0.306 e. The quantitative estimate of drug-likeness (QED) is 0.0322. The number of aliphatic hydroxyl groups is 2. The maximum Gasteiger partial charge on any atom is 0.306 e. The standard InChI is InChI=1S/C55H103NO5/c1-4-7-10-13-16-19-22-25-27-28-29-31-34-37-40-43-46-51(61-55(60)48-45-42-39-36-33-30-26-23-20-17-14-11-8-5-2)49-54(59)56-52(50-57)53(58)47-44-41-38-35-32-24-21-18-15-12-9-6-3/h22,25,27-29,31,51-53,57-58H,4-21,23-24,26,30,32-50H2,1-3H3,(H,56,59)/b25-22+,28-27+,31-29+. The third-order valence-corrected chi connectivity index (χ3v) is 12.3. The van der Waals surface area contributed by atoms with Gasteiger partial charge in [0.2, 0.25) is 5.91 Å².